The molecule has 0 spiro atoms. The molecule has 6 heteroatoms. The van der Waals surface area contributed by atoms with Crippen LogP contribution in [0.15, 0.2) is 84.0 Å². The molecule has 0 saturated heterocycles. The Morgan fingerprint density at radius 2 is 1.46 bits per heavy atom. The summed E-state index contributed by atoms with van der Waals surface area (Å²) in [7, 11) is 0. The van der Waals surface area contributed by atoms with Crippen molar-refractivity contribution < 1.29 is 9.47 Å². The minimum Gasteiger partial charge on any atom is -0.454 e. The summed E-state index contributed by atoms with van der Waals surface area (Å²) >= 11 is 6.07. The third kappa shape index (κ3) is 3.36. The number of nitrogens with one attached hydrogen (secondary N) is 1. The van der Waals surface area contributed by atoms with E-state index in [9.17, 15) is 0 Å². The van der Waals surface area contributed by atoms with E-state index in [4.69, 9.17) is 21.3 Å². The molecule has 1 aliphatic rings. The number of hydrogen-bond acceptors (Lipinski definition) is 4. The van der Waals surface area contributed by atoms with E-state index in [1.807, 2.05) is 54.6 Å². The summed E-state index contributed by atoms with van der Waals surface area (Å²) in [6, 6.07) is 25.9. The van der Waals surface area contributed by atoms with E-state index in [1.54, 1.807) is 6.21 Å². The zero-order valence-electron chi connectivity index (χ0n) is 13.9. The van der Waals surface area contributed by atoms with Crippen molar-refractivity contribution in [3.63, 3.8) is 0 Å². The van der Waals surface area contributed by atoms with Crippen LogP contribution in [0.5, 0.6) is 11.5 Å². The average Bonchev–Trinajstić information content (AvgIpc) is 3.17. The fraction of sp³-hybridized carbons (Fsp3) is 0.0500. The zero-order valence-corrected chi connectivity index (χ0v) is 15.6. The number of rotatable bonds is 5. The maximum absolute atomic E-state index is 6.07. The van der Waals surface area contributed by atoms with Crippen molar-refractivity contribution in [2.24, 2.45) is 5.10 Å². The van der Waals surface area contributed by atoms with Crippen molar-refractivity contribution in [3.8, 4) is 11.5 Å². The first kappa shape index (κ1) is 16.8. The summed E-state index contributed by atoms with van der Waals surface area (Å²) in [6.45, 7) is 0.261. The lowest BCUT2D eigenvalue weighted by atomic mass is 10.2. The van der Waals surface area contributed by atoms with Gasteiger partial charge < -0.3 is 9.47 Å². The lowest BCUT2D eigenvalue weighted by Gasteiger charge is -2.22. The van der Waals surface area contributed by atoms with Gasteiger partial charge >= 0.3 is 0 Å². The van der Waals surface area contributed by atoms with Gasteiger partial charge in [0.2, 0.25) is 6.79 Å². The molecule has 3 aromatic carbocycles. The van der Waals surface area contributed by atoms with Crippen LogP contribution in [0.3, 0.4) is 0 Å². The minimum absolute atomic E-state index is 0.261. The normalized spacial score (nSPS) is 13.1. The van der Waals surface area contributed by atoms with E-state index >= 15 is 0 Å². The van der Waals surface area contributed by atoms with Gasteiger partial charge in [0.05, 0.1) is 6.21 Å². The summed E-state index contributed by atoms with van der Waals surface area (Å²) < 4.78 is 10.7. The van der Waals surface area contributed by atoms with Gasteiger partial charge in [0.1, 0.15) is 6.19 Å². The molecular formula is C20H17N2O2PS. The first-order valence-corrected chi connectivity index (χ1v) is 11.0. The molecule has 0 atom stereocenters. The highest BCUT2D eigenvalue weighted by Crippen LogP contribution is 2.39. The lowest BCUT2D eigenvalue weighted by molar-refractivity contribution is 0.174. The summed E-state index contributed by atoms with van der Waals surface area (Å²) in [6.07, 6.45) is -0.489. The Hall–Kier alpha value is -2.62. The second-order valence-electron chi connectivity index (χ2n) is 5.75. The van der Waals surface area contributed by atoms with Crippen molar-refractivity contribution in [2.45, 2.75) is 0 Å². The van der Waals surface area contributed by atoms with Crippen molar-refractivity contribution in [1.29, 1.82) is 0 Å². The highest BCUT2D eigenvalue weighted by atomic mass is 32.4. The number of hydrogen-bond donors (Lipinski definition) is 1. The number of ether oxygens (including phenoxy) is 2. The monoisotopic (exact) mass is 380 g/mol. The molecular weight excluding hydrogens is 363 g/mol. The van der Waals surface area contributed by atoms with Crippen molar-refractivity contribution in [1.82, 2.24) is 5.20 Å². The van der Waals surface area contributed by atoms with Gasteiger partial charge in [-0.3, -0.25) is 5.20 Å². The molecule has 130 valence electrons. The highest BCUT2D eigenvalue weighted by Gasteiger charge is 2.21. The zero-order chi connectivity index (χ0) is 17.8. The molecule has 26 heavy (non-hydrogen) atoms. The predicted octanol–water partition coefficient (Wildman–Crippen LogP) is 3.38. The van der Waals surface area contributed by atoms with E-state index in [1.165, 1.54) is 0 Å². The second-order valence-corrected chi connectivity index (χ2v) is 9.85. The van der Waals surface area contributed by atoms with Gasteiger partial charge in [0.15, 0.2) is 11.5 Å². The predicted molar refractivity (Wildman–Crippen MR) is 110 cm³/mol. The van der Waals surface area contributed by atoms with E-state index in [2.05, 4.69) is 34.6 Å². The molecule has 0 aliphatic carbocycles. The second kappa shape index (κ2) is 7.32. The SMILES string of the molecule is S=P(N/N=C/c1ccc2c(c1)OCO2)(c1ccccc1)c1ccccc1. The van der Waals surface area contributed by atoms with E-state index < -0.39 is 6.19 Å². The highest BCUT2D eigenvalue weighted by molar-refractivity contribution is 8.20. The standard InChI is InChI=1S/C20H17N2O2PS/c26-25(17-7-3-1-4-8-17,18-9-5-2-6-10-18)22-21-14-16-11-12-19-20(13-16)24-15-23-19/h1-14H,15H2,(H,22,26)/b21-14+. The fourth-order valence-corrected chi connectivity index (χ4v) is 5.52. The van der Waals surface area contributed by atoms with Crippen LogP contribution in [0.1, 0.15) is 5.56 Å². The molecule has 0 amide bonds. The molecule has 1 N–H and O–H groups in total. The van der Waals surface area contributed by atoms with Crippen LogP contribution < -0.4 is 25.3 Å². The van der Waals surface area contributed by atoms with Crippen LogP contribution in [-0.4, -0.2) is 13.0 Å². The van der Waals surface area contributed by atoms with Gasteiger partial charge in [0.25, 0.3) is 0 Å². The Morgan fingerprint density at radius 3 is 2.12 bits per heavy atom. The Morgan fingerprint density at radius 1 is 0.846 bits per heavy atom. The minimum atomic E-state index is -2.25. The summed E-state index contributed by atoms with van der Waals surface area (Å²) in [5.74, 6) is 1.49. The van der Waals surface area contributed by atoms with E-state index in [0.717, 1.165) is 27.7 Å². The van der Waals surface area contributed by atoms with Gasteiger partial charge in [-0.1, -0.05) is 72.5 Å². The first-order chi connectivity index (χ1) is 12.8. The molecule has 1 heterocycles. The molecule has 0 saturated carbocycles. The topological polar surface area (TPSA) is 42.9 Å². The van der Waals surface area contributed by atoms with Crippen molar-refractivity contribution in [3.05, 3.63) is 84.4 Å². The van der Waals surface area contributed by atoms with Gasteiger partial charge in [0, 0.05) is 10.6 Å². The molecule has 0 aromatic heterocycles. The molecule has 0 unspecified atom stereocenters. The molecule has 0 radical (unpaired) electrons. The van der Waals surface area contributed by atoms with Crippen LogP contribution in [-0.2, 0) is 11.8 Å². The van der Waals surface area contributed by atoms with Crippen LogP contribution >= 0.6 is 6.19 Å². The Balaban J connectivity index is 1.63. The molecule has 1 aliphatic heterocycles. The Bertz CT molecular complexity index is 934. The third-order valence-corrected chi connectivity index (χ3v) is 8.01. The first-order valence-electron chi connectivity index (χ1n) is 8.17. The van der Waals surface area contributed by atoms with Crippen LogP contribution in [0.25, 0.3) is 0 Å². The Labute approximate surface area is 157 Å². The Kier molecular flexibility index (Phi) is 4.74. The number of fused-ring (bicyclic) bond motifs is 1. The van der Waals surface area contributed by atoms with Crippen LogP contribution in [0.2, 0.25) is 0 Å². The molecule has 4 nitrogen and oxygen atoms in total. The van der Waals surface area contributed by atoms with Crippen molar-refractivity contribution >= 4 is 34.8 Å². The smallest absolute Gasteiger partial charge is 0.231 e. The third-order valence-electron chi connectivity index (χ3n) is 4.05. The summed E-state index contributed by atoms with van der Waals surface area (Å²) in [5, 5.41) is 9.88. The van der Waals surface area contributed by atoms with E-state index in [-0.39, 0.29) is 6.79 Å². The number of nitrogens with zero attached hydrogens (tertiary/aromatic N) is 1. The summed E-state index contributed by atoms with van der Waals surface area (Å²) in [4.78, 5) is 0. The largest absolute Gasteiger partial charge is 0.454 e. The quantitative estimate of drug-likeness (QED) is 0.419. The number of hydrazone groups is 1. The van der Waals surface area contributed by atoms with Gasteiger partial charge in [-0.05, 0) is 23.8 Å². The average molecular weight is 380 g/mol. The van der Waals surface area contributed by atoms with Gasteiger partial charge in [-0.15, -0.1) is 0 Å². The summed E-state index contributed by atoms with van der Waals surface area (Å²) in [5.41, 5.74) is 0.921. The maximum Gasteiger partial charge on any atom is 0.231 e. The fourth-order valence-electron chi connectivity index (χ4n) is 2.72. The molecule has 3 aromatic rings. The maximum atomic E-state index is 6.07. The number of benzene rings is 3. The molecule has 0 fully saturated rings. The van der Waals surface area contributed by atoms with Crippen LogP contribution in [0, 0.1) is 0 Å². The van der Waals surface area contributed by atoms with Gasteiger partial charge in [-0.25, -0.2) is 0 Å². The van der Waals surface area contributed by atoms with Crippen molar-refractivity contribution in [2.75, 3.05) is 6.79 Å². The lowest BCUT2D eigenvalue weighted by Crippen LogP contribution is -2.24. The molecule has 4 rings (SSSR count). The molecule has 0 bridgehead atoms. The van der Waals surface area contributed by atoms with Gasteiger partial charge in [-0.2, -0.15) is 5.10 Å². The van der Waals surface area contributed by atoms with E-state index in [0.29, 0.717) is 0 Å². The van der Waals surface area contributed by atoms with Crippen LogP contribution in [0.4, 0.5) is 0 Å².